The Morgan fingerprint density at radius 3 is 2.19 bits per heavy atom. The minimum absolute atomic E-state index is 0.187. The van der Waals surface area contributed by atoms with Crippen molar-refractivity contribution in [1.82, 2.24) is 0 Å². The molecular formula is C35H26BrNO5. The Bertz CT molecular complexity index is 1780. The summed E-state index contributed by atoms with van der Waals surface area (Å²) in [5, 5.41) is 0. The second-order valence-electron chi connectivity index (χ2n) is 10.7. The zero-order valence-corrected chi connectivity index (χ0v) is 24.5. The molecule has 0 radical (unpaired) electrons. The van der Waals surface area contributed by atoms with Crippen molar-refractivity contribution < 1.29 is 23.9 Å². The van der Waals surface area contributed by atoms with Crippen LogP contribution in [0.25, 0.3) is 6.08 Å². The van der Waals surface area contributed by atoms with Gasteiger partial charge in [-0.2, -0.15) is 0 Å². The van der Waals surface area contributed by atoms with E-state index >= 15 is 0 Å². The van der Waals surface area contributed by atoms with Crippen LogP contribution in [-0.4, -0.2) is 43.7 Å². The Balaban J connectivity index is 1.59. The number of hydrogen-bond acceptors (Lipinski definition) is 6. The maximum atomic E-state index is 14.8. The van der Waals surface area contributed by atoms with Crippen LogP contribution >= 0.6 is 15.9 Å². The lowest BCUT2D eigenvalue weighted by Crippen LogP contribution is -2.48. The zero-order chi connectivity index (χ0) is 29.2. The highest BCUT2D eigenvalue weighted by Crippen LogP contribution is 2.62. The monoisotopic (exact) mass is 619 g/mol. The second-order valence-corrected chi connectivity index (χ2v) is 11.7. The van der Waals surface area contributed by atoms with Gasteiger partial charge in [0.25, 0.3) is 0 Å². The molecule has 7 heteroatoms. The number of carbonyl (C=O) groups excluding carboxylic acids is 3. The van der Waals surface area contributed by atoms with E-state index in [4.69, 9.17) is 9.47 Å². The first kappa shape index (κ1) is 26.4. The van der Waals surface area contributed by atoms with Gasteiger partial charge in [0.05, 0.1) is 20.3 Å². The fourth-order valence-electron chi connectivity index (χ4n) is 7.15. The van der Waals surface area contributed by atoms with Crippen molar-refractivity contribution in [1.29, 1.82) is 0 Å². The Labute approximate surface area is 251 Å². The molecule has 1 aliphatic carbocycles. The number of ketones is 3. The number of benzene rings is 4. The fraction of sp³-hybridized carbons (Fsp3) is 0.171. The molecule has 6 nitrogen and oxygen atoms in total. The van der Waals surface area contributed by atoms with Gasteiger partial charge in [-0.3, -0.25) is 14.4 Å². The van der Waals surface area contributed by atoms with E-state index in [1.165, 1.54) is 0 Å². The molecule has 0 amide bonds. The topological polar surface area (TPSA) is 72.9 Å². The average Bonchev–Trinajstić information content (AvgIpc) is 3.46. The first-order chi connectivity index (χ1) is 20.4. The van der Waals surface area contributed by atoms with Gasteiger partial charge in [-0.05, 0) is 42.0 Å². The highest BCUT2D eigenvalue weighted by Gasteiger charge is 2.72. The Morgan fingerprint density at radius 2 is 1.52 bits per heavy atom. The van der Waals surface area contributed by atoms with Crippen LogP contribution in [0.2, 0.25) is 0 Å². The van der Waals surface area contributed by atoms with Crippen LogP contribution in [0.15, 0.2) is 102 Å². The molecule has 3 atom stereocenters. The smallest absolute Gasteiger partial charge is 0.185 e. The van der Waals surface area contributed by atoms with Crippen LogP contribution in [0.3, 0.4) is 0 Å². The Kier molecular flexibility index (Phi) is 6.17. The molecule has 7 rings (SSSR count). The largest absolute Gasteiger partial charge is 0.497 e. The number of nitrogens with zero attached hydrogens (tertiary/aromatic N) is 1. The first-order valence-electron chi connectivity index (χ1n) is 13.7. The maximum Gasteiger partial charge on any atom is 0.185 e. The van der Waals surface area contributed by atoms with Crippen LogP contribution in [-0.2, 0) is 0 Å². The predicted molar refractivity (Wildman–Crippen MR) is 164 cm³/mol. The normalized spacial score (nSPS) is 21.2. The summed E-state index contributed by atoms with van der Waals surface area (Å²) >= 11 is 3.57. The third kappa shape index (κ3) is 3.53. The van der Waals surface area contributed by atoms with Crippen LogP contribution in [0.5, 0.6) is 11.5 Å². The van der Waals surface area contributed by atoms with Crippen LogP contribution in [0, 0.1) is 5.41 Å². The molecule has 0 bridgehead atoms. The van der Waals surface area contributed by atoms with Crippen molar-refractivity contribution in [2.75, 3.05) is 19.1 Å². The van der Waals surface area contributed by atoms with Gasteiger partial charge in [-0.25, -0.2) is 0 Å². The van der Waals surface area contributed by atoms with Crippen LogP contribution in [0.1, 0.15) is 48.1 Å². The van der Waals surface area contributed by atoms with Gasteiger partial charge >= 0.3 is 0 Å². The predicted octanol–water partition coefficient (Wildman–Crippen LogP) is 6.78. The van der Waals surface area contributed by atoms with Gasteiger partial charge < -0.3 is 14.4 Å². The molecule has 208 valence electrons. The molecule has 4 aromatic rings. The molecule has 4 aromatic carbocycles. The molecule has 3 aliphatic rings. The lowest BCUT2D eigenvalue weighted by Gasteiger charge is -2.37. The van der Waals surface area contributed by atoms with Crippen molar-refractivity contribution in [3.05, 3.63) is 129 Å². The average molecular weight is 620 g/mol. The maximum absolute atomic E-state index is 14.8. The number of halogens is 1. The lowest BCUT2D eigenvalue weighted by molar-refractivity contribution is 0.0664. The summed E-state index contributed by atoms with van der Waals surface area (Å²) in [4.78, 5) is 46.4. The van der Waals surface area contributed by atoms with E-state index in [2.05, 4.69) is 15.9 Å². The number of rotatable bonds is 5. The first-order valence-corrected chi connectivity index (χ1v) is 14.5. The SMILES string of the molecule is COc1ccc(OC)c([C@H]2[C@H](C(=O)c3ccccc3)N3c4ccc(Br)cc4C=C[C@H]3C23C(=O)c2ccccc2C3=O)c1. The quantitative estimate of drug-likeness (QED) is 0.181. The molecule has 1 fully saturated rings. The number of ether oxygens (including phenoxy) is 2. The van der Waals surface area contributed by atoms with E-state index in [9.17, 15) is 14.4 Å². The molecule has 2 heterocycles. The van der Waals surface area contributed by atoms with E-state index in [0.717, 1.165) is 15.7 Å². The highest BCUT2D eigenvalue weighted by molar-refractivity contribution is 9.10. The molecule has 0 saturated carbocycles. The van der Waals surface area contributed by atoms with Gasteiger partial charge in [0.1, 0.15) is 23.0 Å². The van der Waals surface area contributed by atoms with E-state index in [1.807, 2.05) is 53.5 Å². The number of hydrogen-bond donors (Lipinski definition) is 0. The third-order valence-corrected chi connectivity index (χ3v) is 9.36. The summed E-state index contributed by atoms with van der Waals surface area (Å²) in [6.45, 7) is 0. The van der Waals surface area contributed by atoms with Crippen molar-refractivity contribution in [2.45, 2.75) is 18.0 Å². The summed E-state index contributed by atoms with van der Waals surface area (Å²) < 4.78 is 12.3. The van der Waals surface area contributed by atoms with Crippen molar-refractivity contribution in [2.24, 2.45) is 5.41 Å². The van der Waals surface area contributed by atoms with Gasteiger partial charge in [0, 0.05) is 38.3 Å². The molecular weight excluding hydrogens is 594 g/mol. The number of carbonyl (C=O) groups is 3. The number of anilines is 1. The molecule has 2 aliphatic heterocycles. The van der Waals surface area contributed by atoms with E-state index in [1.54, 1.807) is 68.8 Å². The van der Waals surface area contributed by atoms with Crippen molar-refractivity contribution in [3.8, 4) is 11.5 Å². The molecule has 0 N–H and O–H groups in total. The lowest BCUT2D eigenvalue weighted by atomic mass is 9.64. The summed E-state index contributed by atoms with van der Waals surface area (Å²) in [5.74, 6) is -0.655. The van der Waals surface area contributed by atoms with Gasteiger partial charge in [0.15, 0.2) is 17.3 Å². The molecule has 1 saturated heterocycles. The summed E-state index contributed by atoms with van der Waals surface area (Å²) in [7, 11) is 3.11. The zero-order valence-electron chi connectivity index (χ0n) is 22.9. The van der Waals surface area contributed by atoms with Crippen LogP contribution in [0.4, 0.5) is 5.69 Å². The Hall–Kier alpha value is -4.49. The van der Waals surface area contributed by atoms with Crippen molar-refractivity contribution >= 4 is 45.0 Å². The van der Waals surface area contributed by atoms with E-state index < -0.39 is 23.4 Å². The highest BCUT2D eigenvalue weighted by atomic mass is 79.9. The summed E-state index contributed by atoms with van der Waals surface area (Å²) in [6, 6.07) is 25.5. The standard InChI is InChI=1S/C35H26BrNO5/c1-41-23-14-16-28(42-2)26(19-23)30-31(32(38)20-8-4-3-5-9-20)37-27-15-13-22(36)18-21(27)12-17-29(37)35(30)33(39)24-10-6-7-11-25(24)34(35)40/h3-19,29-31H,1-2H3/t29-,30-,31+/m0/s1. The number of Topliss-reactive ketones (excluding diaryl/α,β-unsaturated/α-hetero) is 3. The second kappa shape index (κ2) is 9.81. The van der Waals surface area contributed by atoms with Gasteiger partial charge in [-0.1, -0.05) is 82.7 Å². The van der Waals surface area contributed by atoms with E-state index in [-0.39, 0.29) is 17.3 Å². The molecule has 0 unspecified atom stereocenters. The van der Waals surface area contributed by atoms with Gasteiger partial charge in [-0.15, -0.1) is 0 Å². The minimum atomic E-state index is -1.63. The molecule has 0 aromatic heterocycles. The summed E-state index contributed by atoms with van der Waals surface area (Å²) in [5.41, 5.74) is 1.85. The number of methoxy groups -OCH3 is 2. The summed E-state index contributed by atoms with van der Waals surface area (Å²) in [6.07, 6.45) is 3.86. The van der Waals surface area contributed by atoms with Crippen molar-refractivity contribution in [3.63, 3.8) is 0 Å². The molecule has 42 heavy (non-hydrogen) atoms. The van der Waals surface area contributed by atoms with Gasteiger partial charge in [0.2, 0.25) is 0 Å². The molecule has 1 spiro atoms. The fourth-order valence-corrected chi connectivity index (χ4v) is 7.53. The minimum Gasteiger partial charge on any atom is -0.497 e. The number of fused-ring (bicyclic) bond motifs is 5. The van der Waals surface area contributed by atoms with E-state index in [0.29, 0.717) is 33.8 Å². The third-order valence-electron chi connectivity index (χ3n) is 8.86. The van der Waals surface area contributed by atoms with Crippen LogP contribution < -0.4 is 14.4 Å². The Morgan fingerprint density at radius 1 is 0.833 bits per heavy atom.